The Kier molecular flexibility index (Phi) is 4.82. The predicted molar refractivity (Wildman–Crippen MR) is 117 cm³/mol. The van der Waals surface area contributed by atoms with Crippen LogP contribution in [0.2, 0.25) is 0 Å². The summed E-state index contributed by atoms with van der Waals surface area (Å²) in [7, 11) is 0. The molecule has 0 saturated carbocycles. The largest absolute Gasteiger partial charge is 0.360 e. The molecular weight excluding hydrogens is 390 g/mol. The average molecular weight is 418 g/mol. The van der Waals surface area contributed by atoms with Crippen molar-refractivity contribution in [1.82, 2.24) is 10.2 Å². The molecule has 2 aliphatic rings. The smallest absolute Gasteiger partial charge is 0.329 e. The predicted octanol–water partition coefficient (Wildman–Crippen LogP) is 0.784. The standard InChI is InChI=1S/C24H25N5O2/c1-24(21-8-4-6-18-5-2-3-7-20(18)21)22(30)29(23(31)26-24)17-27-13-15-28(16-14-27)19-9-11-25-12-10-19/h2-12H,13-17H2,1H3,(H,26,31)/p+2/t24-/m0/s1. The van der Waals surface area contributed by atoms with Crippen molar-refractivity contribution in [2.24, 2.45) is 0 Å². The number of piperazine rings is 1. The van der Waals surface area contributed by atoms with Crippen molar-refractivity contribution >= 4 is 28.4 Å². The van der Waals surface area contributed by atoms with E-state index in [0.29, 0.717) is 6.67 Å². The lowest BCUT2D eigenvalue weighted by molar-refractivity contribution is -0.907. The Labute approximate surface area is 181 Å². The van der Waals surface area contributed by atoms with Gasteiger partial charge in [0.2, 0.25) is 0 Å². The molecule has 1 aromatic heterocycles. The highest BCUT2D eigenvalue weighted by Crippen LogP contribution is 2.33. The fraction of sp³-hybridized carbons (Fsp3) is 0.292. The third kappa shape index (κ3) is 3.41. The van der Waals surface area contributed by atoms with Crippen LogP contribution in [0, 0.1) is 0 Å². The minimum Gasteiger partial charge on any atom is -0.360 e. The SMILES string of the molecule is C[C@@]1(c2cccc3ccccc23)NC(=O)N(C[NH+]2CCN(c3cc[nH+]cc3)CC2)C1=O. The van der Waals surface area contributed by atoms with Crippen LogP contribution in [0.1, 0.15) is 12.5 Å². The summed E-state index contributed by atoms with van der Waals surface area (Å²) in [6.07, 6.45) is 3.85. The minimum atomic E-state index is -1.06. The Morgan fingerprint density at radius 1 is 1.00 bits per heavy atom. The van der Waals surface area contributed by atoms with E-state index in [4.69, 9.17) is 0 Å². The third-order valence-electron chi connectivity index (χ3n) is 6.52. The number of fused-ring (bicyclic) bond motifs is 1. The van der Waals surface area contributed by atoms with Crippen molar-refractivity contribution in [2.75, 3.05) is 37.7 Å². The van der Waals surface area contributed by atoms with Crippen LogP contribution in [0.25, 0.3) is 10.8 Å². The molecule has 0 radical (unpaired) electrons. The van der Waals surface area contributed by atoms with Gasteiger partial charge in [-0.25, -0.2) is 14.7 Å². The summed E-state index contributed by atoms with van der Waals surface area (Å²) in [5.74, 6) is -0.178. The molecule has 5 rings (SSSR count). The molecule has 2 fully saturated rings. The van der Waals surface area contributed by atoms with E-state index in [1.165, 1.54) is 15.5 Å². The third-order valence-corrected chi connectivity index (χ3v) is 6.52. The lowest BCUT2D eigenvalue weighted by Gasteiger charge is -2.34. The van der Waals surface area contributed by atoms with E-state index in [1.54, 1.807) is 0 Å². The molecule has 3 amide bonds. The van der Waals surface area contributed by atoms with Crippen LogP contribution in [0.3, 0.4) is 0 Å². The summed E-state index contributed by atoms with van der Waals surface area (Å²) in [5, 5.41) is 5.02. The first-order valence-corrected chi connectivity index (χ1v) is 10.7. The lowest BCUT2D eigenvalue weighted by Crippen LogP contribution is -3.16. The van der Waals surface area contributed by atoms with E-state index < -0.39 is 5.54 Å². The van der Waals surface area contributed by atoms with Gasteiger partial charge in [0.25, 0.3) is 5.91 Å². The maximum absolute atomic E-state index is 13.5. The Balaban J connectivity index is 1.32. The highest BCUT2D eigenvalue weighted by atomic mass is 16.2. The van der Waals surface area contributed by atoms with Gasteiger partial charge in [0.15, 0.2) is 19.1 Å². The number of aromatic amines is 1. The molecule has 0 spiro atoms. The van der Waals surface area contributed by atoms with Gasteiger partial charge in [-0.3, -0.25) is 4.79 Å². The maximum Gasteiger partial charge on any atom is 0.329 e. The number of benzene rings is 2. The van der Waals surface area contributed by atoms with Crippen LogP contribution in [-0.2, 0) is 10.3 Å². The number of anilines is 1. The van der Waals surface area contributed by atoms with E-state index in [2.05, 4.69) is 27.3 Å². The Morgan fingerprint density at radius 3 is 2.48 bits per heavy atom. The fourth-order valence-corrected chi connectivity index (χ4v) is 4.74. The molecule has 3 aromatic rings. The number of urea groups is 1. The quantitative estimate of drug-likeness (QED) is 0.617. The number of aromatic nitrogens is 1. The van der Waals surface area contributed by atoms with Crippen LogP contribution in [0.15, 0.2) is 67.0 Å². The van der Waals surface area contributed by atoms with Crippen molar-refractivity contribution in [3.8, 4) is 0 Å². The monoisotopic (exact) mass is 417 g/mol. The zero-order chi connectivity index (χ0) is 21.4. The number of imide groups is 1. The number of nitrogens with zero attached hydrogens (tertiary/aromatic N) is 2. The van der Waals surface area contributed by atoms with E-state index in [0.717, 1.165) is 42.5 Å². The summed E-state index contributed by atoms with van der Waals surface area (Å²) in [6, 6.07) is 17.7. The average Bonchev–Trinajstić information content (AvgIpc) is 3.03. The van der Waals surface area contributed by atoms with Crippen LogP contribution < -0.4 is 20.1 Å². The maximum atomic E-state index is 13.5. The minimum absolute atomic E-state index is 0.178. The van der Waals surface area contributed by atoms with Crippen molar-refractivity contribution in [3.05, 3.63) is 72.6 Å². The first kappa shape index (κ1) is 19.5. The molecule has 3 heterocycles. The van der Waals surface area contributed by atoms with Crippen LogP contribution in [-0.4, -0.2) is 49.7 Å². The number of nitrogens with one attached hydrogen (secondary N) is 3. The molecule has 3 N–H and O–H groups in total. The van der Waals surface area contributed by atoms with Crippen LogP contribution in [0.5, 0.6) is 0 Å². The number of hydrogen-bond donors (Lipinski definition) is 2. The lowest BCUT2D eigenvalue weighted by atomic mass is 9.88. The molecule has 0 bridgehead atoms. The molecule has 0 aliphatic carbocycles. The van der Waals surface area contributed by atoms with Crippen LogP contribution >= 0.6 is 0 Å². The zero-order valence-electron chi connectivity index (χ0n) is 17.6. The number of amides is 3. The normalized spacial score (nSPS) is 22.2. The molecule has 1 atom stereocenters. The van der Waals surface area contributed by atoms with Crippen molar-refractivity contribution < 1.29 is 19.5 Å². The first-order valence-electron chi connectivity index (χ1n) is 10.7. The molecule has 31 heavy (non-hydrogen) atoms. The van der Waals surface area contributed by atoms with Gasteiger partial charge in [0, 0.05) is 17.8 Å². The molecule has 2 saturated heterocycles. The number of carbonyl (C=O) groups excluding carboxylic acids is 2. The van der Waals surface area contributed by atoms with Crippen molar-refractivity contribution in [1.29, 1.82) is 0 Å². The highest BCUT2D eigenvalue weighted by molar-refractivity contribution is 6.09. The van der Waals surface area contributed by atoms with Gasteiger partial charge in [-0.1, -0.05) is 42.5 Å². The van der Waals surface area contributed by atoms with Crippen molar-refractivity contribution in [3.63, 3.8) is 0 Å². The number of carbonyl (C=O) groups is 2. The Morgan fingerprint density at radius 2 is 1.71 bits per heavy atom. The van der Waals surface area contributed by atoms with Gasteiger partial charge >= 0.3 is 6.03 Å². The second-order valence-corrected chi connectivity index (χ2v) is 8.47. The van der Waals surface area contributed by atoms with E-state index in [9.17, 15) is 9.59 Å². The second kappa shape index (κ2) is 7.67. The Bertz CT molecular complexity index is 1120. The molecule has 158 valence electrons. The van der Waals surface area contributed by atoms with Gasteiger partial charge in [-0.05, 0) is 23.3 Å². The van der Waals surface area contributed by atoms with Gasteiger partial charge in [0.05, 0.1) is 26.2 Å². The number of quaternary nitrogens is 1. The summed E-state index contributed by atoms with van der Waals surface area (Å²) in [5.41, 5.74) is 0.975. The van der Waals surface area contributed by atoms with Gasteiger partial charge in [0.1, 0.15) is 5.54 Å². The van der Waals surface area contributed by atoms with Crippen molar-refractivity contribution in [2.45, 2.75) is 12.5 Å². The number of pyridine rings is 1. The molecule has 0 unspecified atom stereocenters. The molecule has 7 heteroatoms. The van der Waals surface area contributed by atoms with Crippen LogP contribution in [0.4, 0.5) is 10.5 Å². The highest BCUT2D eigenvalue weighted by Gasteiger charge is 2.50. The van der Waals surface area contributed by atoms with Gasteiger partial charge in [-0.2, -0.15) is 0 Å². The van der Waals surface area contributed by atoms with E-state index in [1.807, 2.05) is 61.8 Å². The number of hydrogen-bond acceptors (Lipinski definition) is 3. The van der Waals surface area contributed by atoms with Gasteiger partial charge < -0.3 is 15.1 Å². The first-order chi connectivity index (χ1) is 15.1. The van der Waals surface area contributed by atoms with E-state index in [-0.39, 0.29) is 11.9 Å². The molecule has 7 nitrogen and oxygen atoms in total. The van der Waals surface area contributed by atoms with Gasteiger partial charge in [-0.15, -0.1) is 0 Å². The molecule has 2 aliphatic heterocycles. The molecular formula is C24H27N5O2+2. The fourth-order valence-electron chi connectivity index (χ4n) is 4.74. The second-order valence-electron chi connectivity index (χ2n) is 8.47. The summed E-state index contributed by atoms with van der Waals surface area (Å²) >= 11 is 0. The number of rotatable bonds is 4. The Hall–Kier alpha value is -3.45. The topological polar surface area (TPSA) is 71.2 Å². The summed E-state index contributed by atoms with van der Waals surface area (Å²) in [6.45, 7) is 5.74. The zero-order valence-corrected chi connectivity index (χ0v) is 17.6. The number of H-pyrrole nitrogens is 1. The summed E-state index contributed by atoms with van der Waals surface area (Å²) in [4.78, 5) is 34.3. The molecule has 2 aromatic carbocycles. The summed E-state index contributed by atoms with van der Waals surface area (Å²) < 4.78 is 0. The van der Waals surface area contributed by atoms with E-state index >= 15 is 0 Å².